The first kappa shape index (κ1) is 12.9. The highest BCUT2D eigenvalue weighted by atomic mass is 16.4. The minimum absolute atomic E-state index is 0.306. The molecule has 0 radical (unpaired) electrons. The Morgan fingerprint density at radius 2 is 2.24 bits per heavy atom. The smallest absolute Gasteiger partial charge is 0.335 e. The number of carboxylic acid groups (broad SMARTS) is 1. The Hall–Kier alpha value is -1.84. The second-order valence-electron chi connectivity index (χ2n) is 6.74. The molecule has 4 rings (SSSR count). The Balaban J connectivity index is 1.68. The zero-order valence-electron chi connectivity index (χ0n) is 12.2. The SMILES string of the molecule is CC(C1CC2CCC1C2)n1cnc2cc(C(=O)O)ccc21. The van der Waals surface area contributed by atoms with Crippen LogP contribution in [0.5, 0.6) is 0 Å². The van der Waals surface area contributed by atoms with E-state index in [0.717, 1.165) is 28.8 Å². The zero-order valence-corrected chi connectivity index (χ0v) is 12.2. The maximum absolute atomic E-state index is 11.0. The lowest BCUT2D eigenvalue weighted by atomic mass is 9.84. The standard InChI is InChI=1S/C17H20N2O2/c1-10(14-7-11-2-3-12(14)6-11)19-9-18-15-8-13(17(20)21)4-5-16(15)19/h4-5,8-12,14H,2-3,6-7H2,1H3,(H,20,21). The number of hydrogen-bond donors (Lipinski definition) is 1. The van der Waals surface area contributed by atoms with Gasteiger partial charge in [0.1, 0.15) is 0 Å². The third kappa shape index (κ3) is 1.96. The van der Waals surface area contributed by atoms with Gasteiger partial charge in [-0.1, -0.05) is 6.42 Å². The zero-order chi connectivity index (χ0) is 14.6. The van der Waals surface area contributed by atoms with Crippen LogP contribution < -0.4 is 0 Å². The molecular weight excluding hydrogens is 264 g/mol. The molecule has 0 spiro atoms. The summed E-state index contributed by atoms with van der Waals surface area (Å²) in [4.78, 5) is 15.5. The van der Waals surface area contributed by atoms with Crippen molar-refractivity contribution in [1.29, 1.82) is 0 Å². The minimum Gasteiger partial charge on any atom is -0.478 e. The molecule has 4 unspecified atom stereocenters. The molecule has 1 aromatic heterocycles. The van der Waals surface area contributed by atoms with Gasteiger partial charge in [-0.05, 0) is 62.1 Å². The molecule has 2 fully saturated rings. The normalized spacial score (nSPS) is 29.1. The number of benzene rings is 1. The number of nitrogens with zero attached hydrogens (tertiary/aromatic N) is 2. The van der Waals surface area contributed by atoms with Crippen molar-refractivity contribution >= 4 is 17.0 Å². The quantitative estimate of drug-likeness (QED) is 0.934. The second kappa shape index (κ2) is 4.58. The van der Waals surface area contributed by atoms with E-state index in [4.69, 9.17) is 5.11 Å². The van der Waals surface area contributed by atoms with Crippen LogP contribution >= 0.6 is 0 Å². The summed E-state index contributed by atoms with van der Waals surface area (Å²) in [5.74, 6) is 1.67. The third-order valence-electron chi connectivity index (χ3n) is 5.67. The van der Waals surface area contributed by atoms with Gasteiger partial charge in [-0.25, -0.2) is 9.78 Å². The third-order valence-corrected chi connectivity index (χ3v) is 5.67. The highest BCUT2D eigenvalue weighted by Crippen LogP contribution is 2.52. The van der Waals surface area contributed by atoms with Crippen molar-refractivity contribution < 1.29 is 9.90 Å². The van der Waals surface area contributed by atoms with E-state index in [1.165, 1.54) is 25.7 Å². The van der Waals surface area contributed by atoms with Crippen LogP contribution in [-0.2, 0) is 0 Å². The second-order valence-corrected chi connectivity index (χ2v) is 6.74. The van der Waals surface area contributed by atoms with Crippen molar-refractivity contribution in [2.45, 2.75) is 38.6 Å². The van der Waals surface area contributed by atoms with Gasteiger partial charge in [-0.15, -0.1) is 0 Å². The van der Waals surface area contributed by atoms with Crippen LogP contribution in [0.3, 0.4) is 0 Å². The average molecular weight is 284 g/mol. The summed E-state index contributed by atoms with van der Waals surface area (Å²) >= 11 is 0. The number of aromatic carboxylic acids is 1. The van der Waals surface area contributed by atoms with Gasteiger partial charge in [0, 0.05) is 6.04 Å². The summed E-state index contributed by atoms with van der Waals surface area (Å²) in [7, 11) is 0. The number of imidazole rings is 1. The first-order chi connectivity index (χ1) is 10.1. The summed E-state index contributed by atoms with van der Waals surface area (Å²) < 4.78 is 2.24. The van der Waals surface area contributed by atoms with Gasteiger partial charge in [0.25, 0.3) is 0 Å². The van der Waals surface area contributed by atoms with Crippen molar-refractivity contribution in [2.24, 2.45) is 17.8 Å². The van der Waals surface area contributed by atoms with Gasteiger partial charge < -0.3 is 9.67 Å². The van der Waals surface area contributed by atoms with Gasteiger partial charge in [-0.2, -0.15) is 0 Å². The number of carbonyl (C=O) groups is 1. The summed E-state index contributed by atoms with van der Waals surface area (Å²) in [6.07, 6.45) is 7.44. The van der Waals surface area contributed by atoms with Crippen LogP contribution in [0.4, 0.5) is 0 Å². The Morgan fingerprint density at radius 3 is 2.90 bits per heavy atom. The molecular formula is C17H20N2O2. The van der Waals surface area contributed by atoms with E-state index in [2.05, 4.69) is 16.5 Å². The van der Waals surface area contributed by atoms with E-state index < -0.39 is 5.97 Å². The molecule has 110 valence electrons. The number of carboxylic acids is 1. The number of aromatic nitrogens is 2. The van der Waals surface area contributed by atoms with Crippen molar-refractivity contribution in [3.8, 4) is 0 Å². The van der Waals surface area contributed by atoms with E-state index >= 15 is 0 Å². The van der Waals surface area contributed by atoms with E-state index in [1.807, 2.05) is 12.4 Å². The monoisotopic (exact) mass is 284 g/mol. The average Bonchev–Trinajstić information content (AvgIpc) is 3.20. The highest BCUT2D eigenvalue weighted by Gasteiger charge is 2.42. The molecule has 4 nitrogen and oxygen atoms in total. The number of rotatable bonds is 3. The topological polar surface area (TPSA) is 55.1 Å². The maximum atomic E-state index is 11.0. The van der Waals surface area contributed by atoms with E-state index in [9.17, 15) is 4.79 Å². The van der Waals surface area contributed by atoms with Crippen LogP contribution in [0.25, 0.3) is 11.0 Å². The minimum atomic E-state index is -0.896. The molecule has 1 N–H and O–H groups in total. The van der Waals surface area contributed by atoms with E-state index in [1.54, 1.807) is 12.1 Å². The summed E-state index contributed by atoms with van der Waals surface area (Å²) in [5, 5.41) is 9.07. The van der Waals surface area contributed by atoms with Crippen LogP contribution in [0.15, 0.2) is 24.5 Å². The Morgan fingerprint density at radius 1 is 1.38 bits per heavy atom. The number of hydrogen-bond acceptors (Lipinski definition) is 2. The molecule has 2 aliphatic carbocycles. The van der Waals surface area contributed by atoms with Crippen LogP contribution in [-0.4, -0.2) is 20.6 Å². The van der Waals surface area contributed by atoms with E-state index in [-0.39, 0.29) is 0 Å². The molecule has 1 aromatic carbocycles. The highest BCUT2D eigenvalue weighted by molar-refractivity contribution is 5.92. The molecule has 2 saturated carbocycles. The lowest BCUT2D eigenvalue weighted by Gasteiger charge is -2.29. The summed E-state index contributed by atoms with van der Waals surface area (Å²) in [5.41, 5.74) is 2.14. The largest absolute Gasteiger partial charge is 0.478 e. The predicted molar refractivity (Wildman–Crippen MR) is 80.3 cm³/mol. The van der Waals surface area contributed by atoms with Crippen molar-refractivity contribution in [3.63, 3.8) is 0 Å². The van der Waals surface area contributed by atoms with Crippen molar-refractivity contribution in [1.82, 2.24) is 9.55 Å². The lowest BCUT2D eigenvalue weighted by Crippen LogP contribution is -2.21. The lowest BCUT2D eigenvalue weighted by molar-refractivity contribution is 0.0697. The van der Waals surface area contributed by atoms with Gasteiger partial charge >= 0.3 is 5.97 Å². The Kier molecular flexibility index (Phi) is 2.81. The summed E-state index contributed by atoms with van der Waals surface area (Å²) in [6.45, 7) is 2.29. The first-order valence-corrected chi connectivity index (χ1v) is 7.83. The van der Waals surface area contributed by atoms with Crippen LogP contribution in [0, 0.1) is 17.8 Å². The molecule has 0 saturated heterocycles. The molecule has 1 heterocycles. The Bertz CT molecular complexity index is 706. The van der Waals surface area contributed by atoms with Crippen LogP contribution in [0.2, 0.25) is 0 Å². The van der Waals surface area contributed by atoms with Crippen molar-refractivity contribution in [2.75, 3.05) is 0 Å². The molecule has 2 bridgehead atoms. The molecule has 0 aliphatic heterocycles. The number of fused-ring (bicyclic) bond motifs is 3. The maximum Gasteiger partial charge on any atom is 0.335 e. The van der Waals surface area contributed by atoms with Gasteiger partial charge in [-0.3, -0.25) is 0 Å². The Labute approximate surface area is 123 Å². The van der Waals surface area contributed by atoms with E-state index in [0.29, 0.717) is 11.6 Å². The fourth-order valence-electron chi connectivity index (χ4n) is 4.58. The molecule has 21 heavy (non-hydrogen) atoms. The molecule has 4 heteroatoms. The van der Waals surface area contributed by atoms with Crippen molar-refractivity contribution in [3.05, 3.63) is 30.1 Å². The fourth-order valence-corrected chi connectivity index (χ4v) is 4.58. The van der Waals surface area contributed by atoms with Crippen LogP contribution in [0.1, 0.15) is 49.0 Å². The fraction of sp³-hybridized carbons (Fsp3) is 0.529. The summed E-state index contributed by atoms with van der Waals surface area (Å²) in [6, 6.07) is 5.69. The van der Waals surface area contributed by atoms with Gasteiger partial charge in [0.2, 0.25) is 0 Å². The molecule has 2 aromatic rings. The van der Waals surface area contributed by atoms with Gasteiger partial charge in [0.15, 0.2) is 0 Å². The molecule has 2 aliphatic rings. The van der Waals surface area contributed by atoms with Gasteiger partial charge in [0.05, 0.1) is 22.9 Å². The molecule has 0 amide bonds. The molecule has 4 atom stereocenters. The first-order valence-electron chi connectivity index (χ1n) is 7.83. The predicted octanol–water partition coefficient (Wildman–Crippen LogP) is 3.73.